The first-order valence-corrected chi connectivity index (χ1v) is 13.3. The number of aromatic hydroxyl groups is 2. The Morgan fingerprint density at radius 3 is 1.39 bits per heavy atom. The average Bonchev–Trinajstić information content (AvgIpc) is 2.99. The molecule has 0 aliphatic rings. The molecule has 0 bridgehead atoms. The van der Waals surface area contributed by atoms with E-state index in [0.29, 0.717) is 24.6 Å². The zero-order valence-electron chi connectivity index (χ0n) is 23.3. The summed E-state index contributed by atoms with van der Waals surface area (Å²) in [5, 5.41) is 27.8. The number of phenols is 2. The average molecular weight is 547 g/mol. The summed E-state index contributed by atoms with van der Waals surface area (Å²) in [5.74, 6) is 6.74. The molecule has 0 unspecified atom stereocenters. The highest BCUT2D eigenvalue weighted by Crippen LogP contribution is 2.36. The number of nitrogens with one attached hydrogen (secondary N) is 2. The van der Waals surface area contributed by atoms with Crippen LogP contribution in [-0.4, -0.2) is 23.4 Å². The second kappa shape index (κ2) is 13.2. The van der Waals surface area contributed by atoms with Crippen LogP contribution < -0.4 is 20.1 Å². The lowest BCUT2D eigenvalue weighted by Gasteiger charge is -2.28. The molecule has 6 nitrogen and oxygen atoms in total. The van der Waals surface area contributed by atoms with Gasteiger partial charge in [0.1, 0.15) is 36.2 Å². The van der Waals surface area contributed by atoms with E-state index in [1.807, 2.05) is 72.8 Å². The van der Waals surface area contributed by atoms with Crippen molar-refractivity contribution in [1.29, 1.82) is 0 Å². The van der Waals surface area contributed by atoms with Gasteiger partial charge in [-0.25, -0.2) is 0 Å². The van der Waals surface area contributed by atoms with Crippen molar-refractivity contribution < 1.29 is 19.7 Å². The van der Waals surface area contributed by atoms with Gasteiger partial charge in [-0.15, -0.1) is 12.8 Å². The van der Waals surface area contributed by atoms with E-state index in [1.54, 1.807) is 12.1 Å². The van der Waals surface area contributed by atoms with Crippen LogP contribution in [0.25, 0.3) is 0 Å². The van der Waals surface area contributed by atoms with Crippen molar-refractivity contribution in [3.05, 3.63) is 107 Å². The summed E-state index contributed by atoms with van der Waals surface area (Å²) in [5.41, 5.74) is 5.03. The molecule has 41 heavy (non-hydrogen) atoms. The Bertz CT molecular complexity index is 1430. The van der Waals surface area contributed by atoms with E-state index in [4.69, 9.17) is 22.3 Å². The highest BCUT2D eigenvalue weighted by atomic mass is 16.5. The van der Waals surface area contributed by atoms with Crippen molar-refractivity contribution in [3.63, 3.8) is 0 Å². The SMILES string of the molecule is C#CCOc1ccc(NCc2cc(C(C)(C)c3ccc(O)c(CNc4ccc(OCC#C)cc4)c3)ccc2O)cc1. The van der Waals surface area contributed by atoms with E-state index >= 15 is 0 Å². The molecule has 208 valence electrons. The Morgan fingerprint density at radius 2 is 1.02 bits per heavy atom. The first-order chi connectivity index (χ1) is 19.8. The summed E-state index contributed by atoms with van der Waals surface area (Å²) < 4.78 is 10.8. The van der Waals surface area contributed by atoms with Gasteiger partial charge in [-0.3, -0.25) is 0 Å². The Kier molecular flexibility index (Phi) is 9.30. The topological polar surface area (TPSA) is 83.0 Å². The van der Waals surface area contributed by atoms with Crippen molar-refractivity contribution in [2.75, 3.05) is 23.8 Å². The molecule has 0 aromatic heterocycles. The van der Waals surface area contributed by atoms with Crippen LogP contribution in [0.4, 0.5) is 11.4 Å². The molecule has 0 saturated carbocycles. The van der Waals surface area contributed by atoms with Gasteiger partial charge in [0.05, 0.1) is 0 Å². The summed E-state index contributed by atoms with van der Waals surface area (Å²) in [4.78, 5) is 0. The van der Waals surface area contributed by atoms with Crippen molar-refractivity contribution in [2.24, 2.45) is 0 Å². The fourth-order valence-corrected chi connectivity index (χ4v) is 4.38. The van der Waals surface area contributed by atoms with E-state index in [0.717, 1.165) is 33.6 Å². The predicted octanol–water partition coefficient (Wildman–Crippen LogP) is 6.67. The third kappa shape index (κ3) is 7.47. The van der Waals surface area contributed by atoms with E-state index in [1.165, 1.54) is 0 Å². The van der Waals surface area contributed by atoms with Gasteiger partial charge in [-0.05, 0) is 83.9 Å². The van der Waals surface area contributed by atoms with Crippen LogP contribution in [0.15, 0.2) is 84.9 Å². The molecule has 4 aromatic rings. The van der Waals surface area contributed by atoms with E-state index < -0.39 is 5.41 Å². The summed E-state index contributed by atoms with van der Waals surface area (Å²) in [7, 11) is 0. The number of rotatable bonds is 12. The molecule has 4 aromatic carbocycles. The lowest BCUT2D eigenvalue weighted by molar-refractivity contribution is 0.370. The second-order valence-electron chi connectivity index (χ2n) is 10.1. The molecule has 0 spiro atoms. The number of phenolic OH excluding ortho intramolecular Hbond substituents is 2. The van der Waals surface area contributed by atoms with Gasteiger partial charge in [-0.1, -0.05) is 37.8 Å². The molecule has 6 heteroatoms. The van der Waals surface area contributed by atoms with Crippen LogP contribution in [0.2, 0.25) is 0 Å². The van der Waals surface area contributed by atoms with Gasteiger partial charge in [0.2, 0.25) is 0 Å². The zero-order chi connectivity index (χ0) is 29.2. The van der Waals surface area contributed by atoms with Gasteiger partial charge < -0.3 is 30.3 Å². The fourth-order valence-electron chi connectivity index (χ4n) is 4.38. The summed E-state index contributed by atoms with van der Waals surface area (Å²) in [6, 6.07) is 26.4. The fraction of sp³-hybridized carbons (Fsp3) is 0.200. The normalized spacial score (nSPS) is 10.7. The Labute approximate surface area is 242 Å². The Hall–Kier alpha value is -5.20. The molecule has 0 amide bonds. The first kappa shape index (κ1) is 28.8. The smallest absolute Gasteiger partial charge is 0.148 e. The molecule has 0 fully saturated rings. The zero-order valence-corrected chi connectivity index (χ0v) is 23.3. The van der Waals surface area contributed by atoms with Gasteiger partial charge >= 0.3 is 0 Å². The molecule has 4 rings (SSSR count). The third-order valence-electron chi connectivity index (χ3n) is 6.92. The maximum absolute atomic E-state index is 10.6. The summed E-state index contributed by atoms with van der Waals surface area (Å²) >= 11 is 0. The molecular formula is C35H34N2O4. The van der Waals surface area contributed by atoms with Crippen LogP contribution in [0, 0.1) is 24.7 Å². The second-order valence-corrected chi connectivity index (χ2v) is 10.1. The van der Waals surface area contributed by atoms with Crippen LogP contribution in [0.1, 0.15) is 36.1 Å². The van der Waals surface area contributed by atoms with E-state index in [9.17, 15) is 10.2 Å². The maximum Gasteiger partial charge on any atom is 0.148 e. The van der Waals surface area contributed by atoms with Gasteiger partial charge in [0, 0.05) is 41.0 Å². The van der Waals surface area contributed by atoms with Gasteiger partial charge in [-0.2, -0.15) is 0 Å². The molecule has 0 saturated heterocycles. The van der Waals surface area contributed by atoms with Crippen LogP contribution in [0.3, 0.4) is 0 Å². The highest BCUT2D eigenvalue weighted by molar-refractivity contribution is 5.52. The maximum atomic E-state index is 10.6. The standard InChI is InChI=1S/C35H34N2O4/c1-5-19-40-31-13-9-29(10-14-31)36-23-25-21-27(7-17-33(25)38)35(3,4)28-8-18-34(39)26(22-28)24-37-30-11-15-32(16-12-30)41-20-6-2/h1-2,7-18,21-22,36-39H,19-20,23-24H2,3-4H3. The summed E-state index contributed by atoms with van der Waals surface area (Å²) in [6.45, 7) is 5.59. The van der Waals surface area contributed by atoms with Crippen molar-refractivity contribution >= 4 is 11.4 Å². The van der Waals surface area contributed by atoms with Gasteiger partial charge in [0.25, 0.3) is 0 Å². The lowest BCUT2D eigenvalue weighted by Crippen LogP contribution is -2.20. The molecule has 0 heterocycles. The Balaban J connectivity index is 1.46. The monoisotopic (exact) mass is 546 g/mol. The predicted molar refractivity (Wildman–Crippen MR) is 165 cm³/mol. The number of hydrogen-bond donors (Lipinski definition) is 4. The Morgan fingerprint density at radius 1 is 0.634 bits per heavy atom. The van der Waals surface area contributed by atoms with Crippen LogP contribution in [0.5, 0.6) is 23.0 Å². The molecule has 4 N–H and O–H groups in total. The number of benzene rings is 4. The number of terminal acetylenes is 2. The minimum Gasteiger partial charge on any atom is -0.508 e. The largest absolute Gasteiger partial charge is 0.508 e. The quantitative estimate of drug-likeness (QED) is 0.149. The first-order valence-electron chi connectivity index (χ1n) is 13.3. The van der Waals surface area contributed by atoms with Crippen molar-refractivity contribution in [2.45, 2.75) is 32.4 Å². The summed E-state index contributed by atoms with van der Waals surface area (Å²) in [6.07, 6.45) is 10.5. The molecule has 0 radical (unpaired) electrons. The minimum absolute atomic E-state index is 0.220. The number of anilines is 2. The molecular weight excluding hydrogens is 512 g/mol. The lowest BCUT2D eigenvalue weighted by atomic mass is 9.77. The molecule has 0 atom stereocenters. The van der Waals surface area contributed by atoms with E-state index in [-0.39, 0.29) is 24.7 Å². The third-order valence-corrected chi connectivity index (χ3v) is 6.92. The van der Waals surface area contributed by atoms with Crippen LogP contribution in [-0.2, 0) is 18.5 Å². The number of hydrogen-bond acceptors (Lipinski definition) is 6. The minimum atomic E-state index is -0.392. The molecule has 0 aliphatic heterocycles. The van der Waals surface area contributed by atoms with Crippen molar-refractivity contribution in [3.8, 4) is 47.7 Å². The van der Waals surface area contributed by atoms with E-state index in [2.05, 4.69) is 36.3 Å². The van der Waals surface area contributed by atoms with Crippen molar-refractivity contribution in [1.82, 2.24) is 0 Å². The number of ether oxygens (including phenoxy) is 2. The highest BCUT2D eigenvalue weighted by Gasteiger charge is 2.25. The van der Waals surface area contributed by atoms with Crippen LogP contribution >= 0.6 is 0 Å². The van der Waals surface area contributed by atoms with Gasteiger partial charge in [0.15, 0.2) is 0 Å². The molecule has 0 aliphatic carbocycles.